The average Bonchev–Trinajstić information content (AvgIpc) is 2.55. The Labute approximate surface area is 136 Å². The number of hydrogen-bond acceptors (Lipinski definition) is 2. The normalized spacial score (nSPS) is 15.2. The number of halogens is 1. The van der Waals surface area contributed by atoms with Crippen LogP contribution in [0, 0.1) is 11.7 Å². The van der Waals surface area contributed by atoms with Gasteiger partial charge in [0.05, 0.1) is 0 Å². The molecule has 1 aromatic carbocycles. The minimum absolute atomic E-state index is 0.105. The minimum atomic E-state index is -0.423. The summed E-state index contributed by atoms with van der Waals surface area (Å²) in [4.78, 5) is 23.6. The van der Waals surface area contributed by atoms with Crippen LogP contribution in [0.15, 0.2) is 24.3 Å². The zero-order valence-electron chi connectivity index (χ0n) is 13.4. The van der Waals surface area contributed by atoms with Gasteiger partial charge in [0.15, 0.2) is 0 Å². The van der Waals surface area contributed by atoms with E-state index in [-0.39, 0.29) is 11.8 Å². The van der Waals surface area contributed by atoms with Crippen molar-refractivity contribution in [3.63, 3.8) is 0 Å². The smallest absolute Gasteiger partial charge is 0.251 e. The van der Waals surface area contributed by atoms with Crippen LogP contribution in [0.1, 0.15) is 55.3 Å². The van der Waals surface area contributed by atoms with E-state index in [1.54, 1.807) is 6.07 Å². The lowest BCUT2D eigenvalue weighted by Gasteiger charge is -2.20. The van der Waals surface area contributed by atoms with Crippen LogP contribution in [0.5, 0.6) is 0 Å². The molecule has 0 aromatic heterocycles. The van der Waals surface area contributed by atoms with Gasteiger partial charge in [-0.15, -0.1) is 0 Å². The molecule has 1 fully saturated rings. The van der Waals surface area contributed by atoms with E-state index in [1.807, 2.05) is 0 Å². The second-order valence-electron chi connectivity index (χ2n) is 6.18. The fourth-order valence-electron chi connectivity index (χ4n) is 2.98. The Morgan fingerprint density at radius 3 is 2.57 bits per heavy atom. The summed E-state index contributed by atoms with van der Waals surface area (Å²) in [5.74, 6) is -0.0737. The van der Waals surface area contributed by atoms with Crippen molar-refractivity contribution in [1.29, 1.82) is 0 Å². The van der Waals surface area contributed by atoms with Gasteiger partial charge in [-0.05, 0) is 43.4 Å². The molecule has 0 heterocycles. The molecular weight excluding hydrogens is 295 g/mol. The van der Waals surface area contributed by atoms with Crippen LogP contribution >= 0.6 is 0 Å². The van der Waals surface area contributed by atoms with Crippen molar-refractivity contribution in [1.82, 2.24) is 10.6 Å². The van der Waals surface area contributed by atoms with Crippen LogP contribution in [0.3, 0.4) is 0 Å². The molecule has 0 atom stereocenters. The standard InChI is InChI=1S/C18H25FN2O2/c19-16-9-4-8-15(13-16)18(23)21-11-5-10-20-17(22)12-14-6-2-1-3-7-14/h4,8-9,13-14H,1-3,5-7,10-12H2,(H,20,22)(H,21,23). The Morgan fingerprint density at radius 2 is 1.83 bits per heavy atom. The van der Waals surface area contributed by atoms with E-state index >= 15 is 0 Å². The maximum absolute atomic E-state index is 13.0. The Balaban J connectivity index is 1.56. The first kappa shape index (κ1) is 17.4. The van der Waals surface area contributed by atoms with Crippen LogP contribution in [0.25, 0.3) is 0 Å². The lowest BCUT2D eigenvalue weighted by atomic mass is 9.87. The molecule has 2 amide bonds. The molecular formula is C18H25FN2O2. The maximum atomic E-state index is 13.0. The average molecular weight is 320 g/mol. The number of hydrogen-bond donors (Lipinski definition) is 2. The highest BCUT2D eigenvalue weighted by molar-refractivity contribution is 5.94. The summed E-state index contributed by atoms with van der Waals surface area (Å²) in [6, 6.07) is 5.60. The minimum Gasteiger partial charge on any atom is -0.356 e. The molecule has 1 saturated carbocycles. The first-order chi connectivity index (χ1) is 11.1. The zero-order valence-corrected chi connectivity index (χ0v) is 13.4. The van der Waals surface area contributed by atoms with Gasteiger partial charge in [-0.1, -0.05) is 25.3 Å². The SMILES string of the molecule is O=C(CC1CCCCC1)NCCCNC(=O)c1cccc(F)c1. The molecule has 23 heavy (non-hydrogen) atoms. The summed E-state index contributed by atoms with van der Waals surface area (Å²) in [5, 5.41) is 5.63. The molecule has 1 aliphatic carbocycles. The van der Waals surface area contributed by atoms with Crippen LogP contribution in [-0.4, -0.2) is 24.9 Å². The molecule has 0 saturated heterocycles. The number of benzene rings is 1. The van der Waals surface area contributed by atoms with E-state index < -0.39 is 5.82 Å². The molecule has 2 N–H and O–H groups in total. The molecule has 0 unspecified atom stereocenters. The third-order valence-electron chi connectivity index (χ3n) is 4.25. The van der Waals surface area contributed by atoms with Gasteiger partial charge in [0, 0.05) is 25.1 Å². The Bertz CT molecular complexity index is 528. The van der Waals surface area contributed by atoms with Crippen molar-refractivity contribution in [3.05, 3.63) is 35.6 Å². The first-order valence-corrected chi connectivity index (χ1v) is 8.45. The number of amides is 2. The van der Waals surface area contributed by atoms with E-state index in [0.29, 0.717) is 37.4 Å². The topological polar surface area (TPSA) is 58.2 Å². The first-order valence-electron chi connectivity index (χ1n) is 8.45. The van der Waals surface area contributed by atoms with Gasteiger partial charge in [0.1, 0.15) is 5.82 Å². The van der Waals surface area contributed by atoms with Gasteiger partial charge in [-0.2, -0.15) is 0 Å². The van der Waals surface area contributed by atoms with Crippen molar-refractivity contribution in [2.45, 2.75) is 44.9 Å². The Hall–Kier alpha value is -1.91. The van der Waals surface area contributed by atoms with Crippen LogP contribution < -0.4 is 10.6 Å². The van der Waals surface area contributed by atoms with Gasteiger partial charge in [0.2, 0.25) is 5.91 Å². The maximum Gasteiger partial charge on any atom is 0.251 e. The summed E-state index contributed by atoms with van der Waals surface area (Å²) < 4.78 is 13.0. The lowest BCUT2D eigenvalue weighted by molar-refractivity contribution is -0.122. The molecule has 1 aliphatic rings. The summed E-state index contributed by atoms with van der Waals surface area (Å²) in [6.07, 6.45) is 7.39. The monoisotopic (exact) mass is 320 g/mol. The van der Waals surface area contributed by atoms with Crippen molar-refractivity contribution in [2.75, 3.05) is 13.1 Å². The van der Waals surface area contributed by atoms with Gasteiger partial charge < -0.3 is 10.6 Å². The number of nitrogens with one attached hydrogen (secondary N) is 2. The predicted octanol–water partition coefficient (Wildman–Crippen LogP) is 3.03. The molecule has 2 rings (SSSR count). The molecule has 0 spiro atoms. The van der Waals surface area contributed by atoms with Gasteiger partial charge in [-0.25, -0.2) is 4.39 Å². The van der Waals surface area contributed by atoms with E-state index in [1.165, 1.54) is 37.5 Å². The van der Waals surface area contributed by atoms with Crippen molar-refractivity contribution in [2.24, 2.45) is 5.92 Å². The highest BCUT2D eigenvalue weighted by atomic mass is 19.1. The third kappa shape index (κ3) is 6.38. The lowest BCUT2D eigenvalue weighted by Crippen LogP contribution is -2.31. The van der Waals surface area contributed by atoms with E-state index in [4.69, 9.17) is 0 Å². The second-order valence-corrected chi connectivity index (χ2v) is 6.18. The summed E-state index contributed by atoms with van der Waals surface area (Å²) >= 11 is 0. The highest BCUT2D eigenvalue weighted by Crippen LogP contribution is 2.25. The van der Waals surface area contributed by atoms with Crippen LogP contribution in [-0.2, 0) is 4.79 Å². The van der Waals surface area contributed by atoms with Crippen LogP contribution in [0.4, 0.5) is 4.39 Å². The van der Waals surface area contributed by atoms with E-state index in [2.05, 4.69) is 10.6 Å². The second kappa shape index (κ2) is 9.28. The molecule has 126 valence electrons. The summed E-state index contributed by atoms with van der Waals surface area (Å²) in [5.41, 5.74) is 0.311. The molecule has 0 radical (unpaired) electrons. The zero-order chi connectivity index (χ0) is 16.5. The van der Waals surface area contributed by atoms with E-state index in [0.717, 1.165) is 12.8 Å². The molecule has 4 nitrogen and oxygen atoms in total. The fraction of sp³-hybridized carbons (Fsp3) is 0.556. The van der Waals surface area contributed by atoms with Crippen molar-refractivity contribution >= 4 is 11.8 Å². The quantitative estimate of drug-likeness (QED) is 0.759. The molecule has 5 heteroatoms. The van der Waals surface area contributed by atoms with Gasteiger partial charge in [0.25, 0.3) is 5.91 Å². The van der Waals surface area contributed by atoms with Gasteiger partial charge >= 0.3 is 0 Å². The van der Waals surface area contributed by atoms with E-state index in [9.17, 15) is 14.0 Å². The summed E-state index contributed by atoms with van der Waals surface area (Å²) in [7, 11) is 0. The van der Waals surface area contributed by atoms with Crippen LogP contribution in [0.2, 0.25) is 0 Å². The van der Waals surface area contributed by atoms with Gasteiger partial charge in [-0.3, -0.25) is 9.59 Å². The molecule has 1 aromatic rings. The largest absolute Gasteiger partial charge is 0.356 e. The fourth-order valence-corrected chi connectivity index (χ4v) is 2.98. The third-order valence-corrected chi connectivity index (χ3v) is 4.25. The van der Waals surface area contributed by atoms with Crippen molar-refractivity contribution < 1.29 is 14.0 Å². The Kier molecular flexibility index (Phi) is 7.04. The predicted molar refractivity (Wildman–Crippen MR) is 87.6 cm³/mol. The highest BCUT2D eigenvalue weighted by Gasteiger charge is 2.16. The molecule has 0 bridgehead atoms. The number of rotatable bonds is 7. The number of carbonyl (C=O) groups is 2. The Morgan fingerprint density at radius 1 is 1.09 bits per heavy atom. The molecule has 0 aliphatic heterocycles. The van der Waals surface area contributed by atoms with Crippen molar-refractivity contribution in [3.8, 4) is 0 Å². The number of carbonyl (C=O) groups excluding carboxylic acids is 2. The summed E-state index contributed by atoms with van der Waals surface area (Å²) in [6.45, 7) is 1.01.